The first-order chi connectivity index (χ1) is 14.2. The Labute approximate surface area is 177 Å². The lowest BCUT2D eigenvalue weighted by Gasteiger charge is -2.49. The number of rotatable bonds is 7. The van der Waals surface area contributed by atoms with Gasteiger partial charge in [0.1, 0.15) is 0 Å². The molecule has 0 unspecified atom stereocenters. The Morgan fingerprint density at radius 1 is 1.17 bits per heavy atom. The maximum absolute atomic E-state index is 11.4. The maximum atomic E-state index is 11.4. The molecule has 0 aromatic heterocycles. The lowest BCUT2D eigenvalue weighted by molar-refractivity contribution is -0.159. The van der Waals surface area contributed by atoms with Crippen molar-refractivity contribution in [3.8, 4) is 0 Å². The Hall–Kier alpha value is -2.00. The molecule has 2 saturated carbocycles. The highest BCUT2D eigenvalue weighted by Gasteiger charge is 2.58. The molecule has 0 spiro atoms. The number of hydroxylamine groups is 1. The van der Waals surface area contributed by atoms with Gasteiger partial charge in [0, 0.05) is 12.0 Å². The molecule has 0 radical (unpaired) electrons. The van der Waals surface area contributed by atoms with Crippen LogP contribution >= 0.6 is 0 Å². The Kier molecular flexibility index (Phi) is 8.78. The van der Waals surface area contributed by atoms with Gasteiger partial charge in [0.05, 0.1) is 12.2 Å². The van der Waals surface area contributed by atoms with Crippen LogP contribution < -0.4 is 11.2 Å². The molecule has 0 saturated heterocycles. The molecule has 2 aliphatic rings. The molecule has 2 fully saturated rings. The number of carbonyl (C=O) groups is 2. The van der Waals surface area contributed by atoms with Crippen LogP contribution in [0.15, 0.2) is 30.3 Å². The molecule has 3 rings (SSSR count). The second-order valence-electron chi connectivity index (χ2n) is 8.48. The first-order valence-corrected chi connectivity index (χ1v) is 10.5. The SMILES string of the molecule is C[C@]12CC[C@H](c3ccccc3)C[C@@]1(O)CC[C@@H]2CNOCCCN.O=C(O)C(=O)O. The summed E-state index contributed by atoms with van der Waals surface area (Å²) in [6.07, 6.45) is 5.98. The van der Waals surface area contributed by atoms with Crippen molar-refractivity contribution in [2.45, 2.75) is 57.0 Å². The number of benzene rings is 1. The minimum absolute atomic E-state index is 0.0114. The fourth-order valence-corrected chi connectivity index (χ4v) is 4.88. The van der Waals surface area contributed by atoms with Gasteiger partial charge in [-0.1, -0.05) is 37.3 Å². The Morgan fingerprint density at radius 3 is 2.43 bits per heavy atom. The Morgan fingerprint density at radius 2 is 1.83 bits per heavy atom. The largest absolute Gasteiger partial charge is 0.473 e. The third-order valence-electron chi connectivity index (χ3n) is 6.80. The highest BCUT2D eigenvalue weighted by molar-refractivity contribution is 6.27. The fraction of sp³-hybridized carbons (Fsp3) is 0.636. The van der Waals surface area contributed by atoms with Crippen LogP contribution in [0.25, 0.3) is 0 Å². The van der Waals surface area contributed by atoms with Gasteiger partial charge in [-0.15, -0.1) is 0 Å². The van der Waals surface area contributed by atoms with Crippen LogP contribution in [-0.2, 0) is 14.4 Å². The summed E-state index contributed by atoms with van der Waals surface area (Å²) in [6, 6.07) is 10.7. The van der Waals surface area contributed by atoms with Crippen molar-refractivity contribution in [1.29, 1.82) is 0 Å². The van der Waals surface area contributed by atoms with Crippen molar-refractivity contribution < 1.29 is 29.7 Å². The molecule has 1 aromatic rings. The van der Waals surface area contributed by atoms with E-state index in [2.05, 4.69) is 42.7 Å². The minimum Gasteiger partial charge on any atom is -0.473 e. The summed E-state index contributed by atoms with van der Waals surface area (Å²) >= 11 is 0. The van der Waals surface area contributed by atoms with E-state index in [1.54, 1.807) is 0 Å². The maximum Gasteiger partial charge on any atom is 0.414 e. The number of aliphatic carboxylic acids is 2. The number of nitrogens with two attached hydrogens (primary N) is 1. The highest BCUT2D eigenvalue weighted by Crippen LogP contribution is 2.60. The second-order valence-corrected chi connectivity index (χ2v) is 8.48. The van der Waals surface area contributed by atoms with Gasteiger partial charge in [-0.25, -0.2) is 15.1 Å². The zero-order chi connectivity index (χ0) is 22.2. The van der Waals surface area contributed by atoms with Crippen LogP contribution in [-0.4, -0.2) is 52.6 Å². The fourth-order valence-electron chi connectivity index (χ4n) is 4.88. The number of hydrogen-bond acceptors (Lipinski definition) is 6. The van der Waals surface area contributed by atoms with Crippen molar-refractivity contribution in [3.63, 3.8) is 0 Å². The van der Waals surface area contributed by atoms with E-state index >= 15 is 0 Å². The van der Waals surface area contributed by atoms with E-state index in [1.165, 1.54) is 5.56 Å². The topological polar surface area (TPSA) is 142 Å². The summed E-state index contributed by atoms with van der Waals surface area (Å²) in [5.74, 6) is -2.70. The van der Waals surface area contributed by atoms with Crippen molar-refractivity contribution in [2.24, 2.45) is 17.1 Å². The molecule has 30 heavy (non-hydrogen) atoms. The number of carboxylic acid groups (broad SMARTS) is 2. The average Bonchev–Trinajstić information content (AvgIpc) is 2.99. The summed E-state index contributed by atoms with van der Waals surface area (Å²) in [7, 11) is 0. The van der Waals surface area contributed by atoms with E-state index in [0.717, 1.165) is 45.1 Å². The number of hydrogen-bond donors (Lipinski definition) is 5. The van der Waals surface area contributed by atoms with Gasteiger partial charge in [0.25, 0.3) is 0 Å². The predicted octanol–water partition coefficient (Wildman–Crippen LogP) is 2.13. The molecule has 168 valence electrons. The predicted molar refractivity (Wildman–Crippen MR) is 112 cm³/mol. The summed E-state index contributed by atoms with van der Waals surface area (Å²) in [5.41, 5.74) is 9.41. The smallest absolute Gasteiger partial charge is 0.414 e. The average molecular weight is 423 g/mol. The van der Waals surface area contributed by atoms with Crippen molar-refractivity contribution >= 4 is 11.9 Å². The van der Waals surface area contributed by atoms with Gasteiger partial charge in [-0.2, -0.15) is 0 Å². The lowest BCUT2D eigenvalue weighted by Crippen LogP contribution is -2.50. The molecule has 0 bridgehead atoms. The quantitative estimate of drug-likeness (QED) is 0.255. The molecule has 1 aromatic carbocycles. The number of carboxylic acids is 2. The van der Waals surface area contributed by atoms with Gasteiger partial charge in [-0.05, 0) is 62.5 Å². The normalized spacial score (nSPS) is 30.1. The molecule has 0 amide bonds. The summed E-state index contributed by atoms with van der Waals surface area (Å²) in [6.45, 7) is 4.41. The monoisotopic (exact) mass is 422 g/mol. The molecule has 0 aliphatic heterocycles. The van der Waals surface area contributed by atoms with Gasteiger partial charge in [0.15, 0.2) is 0 Å². The van der Waals surface area contributed by atoms with Crippen molar-refractivity contribution in [3.05, 3.63) is 35.9 Å². The van der Waals surface area contributed by atoms with E-state index in [0.29, 0.717) is 25.0 Å². The van der Waals surface area contributed by atoms with Crippen LogP contribution in [0.5, 0.6) is 0 Å². The molecule has 0 heterocycles. The third kappa shape index (κ3) is 5.78. The van der Waals surface area contributed by atoms with E-state index in [4.69, 9.17) is 30.4 Å². The van der Waals surface area contributed by atoms with Crippen LogP contribution in [0, 0.1) is 11.3 Å². The second kappa shape index (κ2) is 10.9. The number of nitrogens with one attached hydrogen (secondary N) is 1. The minimum atomic E-state index is -1.82. The standard InChI is InChI=1S/C20H32N2O2.C2H2O4/c1-19-10-8-17(16-6-3-2-4-7-16)14-20(19,23)11-9-18(19)15-22-24-13-5-12-21;3-1(4)2(5)6/h2-4,6-7,17-18,22-23H,5,8-15,21H2,1H3;(H,3,4)(H,5,6)/t17-,18+,19+,20-;/m0./s1. The summed E-state index contributed by atoms with van der Waals surface area (Å²) < 4.78 is 0. The van der Waals surface area contributed by atoms with E-state index in [-0.39, 0.29) is 5.41 Å². The van der Waals surface area contributed by atoms with Gasteiger partial charge < -0.3 is 25.9 Å². The van der Waals surface area contributed by atoms with Crippen LogP contribution in [0.4, 0.5) is 0 Å². The van der Waals surface area contributed by atoms with Crippen LogP contribution in [0.1, 0.15) is 56.9 Å². The van der Waals surface area contributed by atoms with Crippen molar-refractivity contribution in [1.82, 2.24) is 5.48 Å². The van der Waals surface area contributed by atoms with Gasteiger partial charge in [0.2, 0.25) is 0 Å². The zero-order valence-electron chi connectivity index (χ0n) is 17.5. The van der Waals surface area contributed by atoms with E-state index in [1.807, 2.05) is 0 Å². The van der Waals surface area contributed by atoms with Crippen LogP contribution in [0.3, 0.4) is 0 Å². The van der Waals surface area contributed by atoms with Crippen LogP contribution in [0.2, 0.25) is 0 Å². The third-order valence-corrected chi connectivity index (χ3v) is 6.80. The molecule has 2 aliphatic carbocycles. The Balaban J connectivity index is 0.000000469. The molecule has 4 atom stereocenters. The first-order valence-electron chi connectivity index (χ1n) is 10.5. The van der Waals surface area contributed by atoms with E-state index in [9.17, 15) is 5.11 Å². The lowest BCUT2D eigenvalue weighted by atomic mass is 9.59. The van der Waals surface area contributed by atoms with Gasteiger partial charge in [-0.3, -0.25) is 0 Å². The summed E-state index contributed by atoms with van der Waals surface area (Å²) in [5, 5.41) is 26.2. The molecule has 8 nitrogen and oxygen atoms in total. The van der Waals surface area contributed by atoms with E-state index < -0.39 is 17.5 Å². The summed E-state index contributed by atoms with van der Waals surface area (Å²) in [4.78, 5) is 23.7. The molecule has 6 N–H and O–H groups in total. The number of fused-ring (bicyclic) bond motifs is 1. The molecular weight excluding hydrogens is 388 g/mol. The first kappa shape index (κ1) is 24.3. The Bertz CT molecular complexity index is 688. The van der Waals surface area contributed by atoms with Gasteiger partial charge >= 0.3 is 11.9 Å². The molecule has 8 heteroatoms. The zero-order valence-corrected chi connectivity index (χ0v) is 17.5. The number of aliphatic hydroxyl groups is 1. The van der Waals surface area contributed by atoms with Crippen molar-refractivity contribution in [2.75, 3.05) is 19.7 Å². The molecular formula is C22H34N2O6. The highest BCUT2D eigenvalue weighted by atomic mass is 16.6.